The Bertz CT molecular complexity index is 464. The number of hydrogen-bond acceptors (Lipinski definition) is 5. The molecule has 1 aromatic heterocycles. The second-order valence-electron chi connectivity index (χ2n) is 4.11. The number of rotatable bonds is 4. The van der Waals surface area contributed by atoms with Crippen LogP contribution in [0.1, 0.15) is 17.8 Å². The standard InChI is InChI=1S/C10H13NO3S2/c12-9(6-10-11-2-3-15-10)5-8-1-4-16(13,14)7-8/h2-3,8H,1,4-7H2. The van der Waals surface area contributed by atoms with Crippen molar-refractivity contribution >= 4 is 27.0 Å². The average Bonchev–Trinajstić information content (AvgIpc) is 2.76. The monoisotopic (exact) mass is 259 g/mol. The minimum absolute atomic E-state index is 0.0254. The van der Waals surface area contributed by atoms with Gasteiger partial charge < -0.3 is 0 Å². The van der Waals surface area contributed by atoms with E-state index in [-0.39, 0.29) is 23.2 Å². The van der Waals surface area contributed by atoms with Gasteiger partial charge in [-0.1, -0.05) is 0 Å². The Morgan fingerprint density at radius 1 is 1.56 bits per heavy atom. The molecule has 88 valence electrons. The molecular formula is C10H13NO3S2. The molecule has 0 aromatic carbocycles. The Labute approximate surface area is 98.6 Å². The first-order valence-electron chi connectivity index (χ1n) is 5.16. The highest BCUT2D eigenvalue weighted by atomic mass is 32.2. The van der Waals surface area contributed by atoms with E-state index in [1.807, 2.05) is 5.38 Å². The smallest absolute Gasteiger partial charge is 0.150 e. The van der Waals surface area contributed by atoms with Crippen LogP contribution in [0.2, 0.25) is 0 Å². The van der Waals surface area contributed by atoms with E-state index in [1.54, 1.807) is 6.20 Å². The van der Waals surface area contributed by atoms with E-state index < -0.39 is 9.84 Å². The summed E-state index contributed by atoms with van der Waals surface area (Å²) in [6.07, 6.45) is 3.02. The molecule has 0 saturated carbocycles. The van der Waals surface area contributed by atoms with Crippen LogP contribution in [0.4, 0.5) is 0 Å². The van der Waals surface area contributed by atoms with Gasteiger partial charge >= 0.3 is 0 Å². The molecule has 2 rings (SSSR count). The summed E-state index contributed by atoms with van der Waals surface area (Å²) in [5.74, 6) is 0.535. The summed E-state index contributed by atoms with van der Waals surface area (Å²) in [5.41, 5.74) is 0. The molecule has 0 aliphatic carbocycles. The molecule has 0 N–H and O–H groups in total. The van der Waals surface area contributed by atoms with Crippen molar-refractivity contribution in [2.45, 2.75) is 19.3 Å². The van der Waals surface area contributed by atoms with Gasteiger partial charge in [-0.25, -0.2) is 13.4 Å². The van der Waals surface area contributed by atoms with Gasteiger partial charge in [-0.2, -0.15) is 0 Å². The molecule has 1 unspecified atom stereocenters. The van der Waals surface area contributed by atoms with Gasteiger partial charge in [-0.15, -0.1) is 11.3 Å². The molecule has 0 amide bonds. The fourth-order valence-electron chi connectivity index (χ4n) is 1.94. The number of aromatic nitrogens is 1. The molecule has 16 heavy (non-hydrogen) atoms. The Morgan fingerprint density at radius 2 is 2.38 bits per heavy atom. The molecule has 4 nitrogen and oxygen atoms in total. The number of carbonyl (C=O) groups is 1. The summed E-state index contributed by atoms with van der Waals surface area (Å²) in [6.45, 7) is 0. The molecule has 1 aliphatic rings. The third-order valence-corrected chi connectivity index (χ3v) is 5.29. The Hall–Kier alpha value is -0.750. The Morgan fingerprint density at radius 3 is 2.94 bits per heavy atom. The lowest BCUT2D eigenvalue weighted by molar-refractivity contribution is -0.119. The molecule has 1 fully saturated rings. The van der Waals surface area contributed by atoms with Crippen LogP contribution in [-0.4, -0.2) is 30.7 Å². The zero-order valence-corrected chi connectivity index (χ0v) is 10.4. The van der Waals surface area contributed by atoms with E-state index in [4.69, 9.17) is 0 Å². The SMILES string of the molecule is O=C(Cc1nccs1)CC1CCS(=O)(=O)C1. The van der Waals surface area contributed by atoms with Crippen molar-refractivity contribution < 1.29 is 13.2 Å². The third-order valence-electron chi connectivity index (χ3n) is 2.67. The summed E-state index contributed by atoms with van der Waals surface area (Å²) in [5, 5.41) is 2.65. The Kier molecular flexibility index (Phi) is 3.39. The lowest BCUT2D eigenvalue weighted by Gasteiger charge is -2.04. The maximum atomic E-state index is 11.6. The molecule has 6 heteroatoms. The van der Waals surface area contributed by atoms with E-state index >= 15 is 0 Å². The molecule has 2 heterocycles. The summed E-state index contributed by atoms with van der Waals surface area (Å²) in [6, 6.07) is 0. The highest BCUT2D eigenvalue weighted by Gasteiger charge is 2.29. The summed E-state index contributed by atoms with van der Waals surface area (Å²) in [7, 11) is -2.87. The molecule has 1 atom stereocenters. The lowest BCUT2D eigenvalue weighted by Crippen LogP contribution is -2.12. The van der Waals surface area contributed by atoms with Crippen molar-refractivity contribution in [2.24, 2.45) is 5.92 Å². The normalized spacial score (nSPS) is 23.4. The highest BCUT2D eigenvalue weighted by Crippen LogP contribution is 2.22. The van der Waals surface area contributed by atoms with E-state index in [0.29, 0.717) is 19.3 Å². The number of carbonyl (C=O) groups excluding carboxylic acids is 1. The van der Waals surface area contributed by atoms with Crippen molar-refractivity contribution in [2.75, 3.05) is 11.5 Å². The van der Waals surface area contributed by atoms with Gasteiger partial charge in [0.05, 0.1) is 22.9 Å². The van der Waals surface area contributed by atoms with Gasteiger partial charge in [0.1, 0.15) is 5.78 Å². The van der Waals surface area contributed by atoms with Gasteiger partial charge in [0.25, 0.3) is 0 Å². The van der Waals surface area contributed by atoms with Crippen LogP contribution in [0.3, 0.4) is 0 Å². The van der Waals surface area contributed by atoms with Crippen molar-refractivity contribution in [1.82, 2.24) is 4.98 Å². The van der Waals surface area contributed by atoms with Crippen LogP contribution >= 0.6 is 11.3 Å². The van der Waals surface area contributed by atoms with Crippen molar-refractivity contribution in [3.05, 3.63) is 16.6 Å². The molecular weight excluding hydrogens is 246 g/mol. The van der Waals surface area contributed by atoms with Crippen LogP contribution in [0.25, 0.3) is 0 Å². The topological polar surface area (TPSA) is 64.1 Å². The number of thiazole rings is 1. The van der Waals surface area contributed by atoms with Crippen LogP contribution in [0.15, 0.2) is 11.6 Å². The van der Waals surface area contributed by atoms with Crippen LogP contribution in [0, 0.1) is 5.92 Å². The highest BCUT2D eigenvalue weighted by molar-refractivity contribution is 7.91. The predicted octanol–water partition coefficient (Wildman–Crippen LogP) is 1.08. The first kappa shape index (κ1) is 11.7. The number of sulfone groups is 1. The zero-order valence-electron chi connectivity index (χ0n) is 8.76. The van der Waals surface area contributed by atoms with Gasteiger partial charge in [0.2, 0.25) is 0 Å². The molecule has 1 aliphatic heterocycles. The van der Waals surface area contributed by atoms with E-state index in [2.05, 4.69) is 4.98 Å². The number of hydrogen-bond donors (Lipinski definition) is 0. The van der Waals surface area contributed by atoms with Gasteiger partial charge in [-0.05, 0) is 12.3 Å². The van der Waals surface area contributed by atoms with Crippen molar-refractivity contribution in [3.63, 3.8) is 0 Å². The lowest BCUT2D eigenvalue weighted by atomic mass is 10.0. The zero-order chi connectivity index (χ0) is 11.6. The third kappa shape index (κ3) is 3.12. The average molecular weight is 259 g/mol. The quantitative estimate of drug-likeness (QED) is 0.811. The van der Waals surface area contributed by atoms with Crippen molar-refractivity contribution in [3.8, 4) is 0 Å². The summed E-state index contributed by atoms with van der Waals surface area (Å²) >= 11 is 1.46. The first-order valence-corrected chi connectivity index (χ1v) is 7.86. The fourth-order valence-corrected chi connectivity index (χ4v) is 4.44. The number of ketones is 1. The van der Waals surface area contributed by atoms with E-state index in [9.17, 15) is 13.2 Å². The fraction of sp³-hybridized carbons (Fsp3) is 0.600. The predicted molar refractivity (Wildman–Crippen MR) is 62.2 cm³/mol. The molecule has 0 bridgehead atoms. The molecule has 1 saturated heterocycles. The number of Topliss-reactive ketones (excluding diaryl/α,β-unsaturated/α-hetero) is 1. The first-order chi connectivity index (χ1) is 7.55. The number of nitrogens with zero attached hydrogens (tertiary/aromatic N) is 1. The maximum Gasteiger partial charge on any atom is 0.150 e. The van der Waals surface area contributed by atoms with Gasteiger partial charge in [0, 0.05) is 18.0 Å². The van der Waals surface area contributed by atoms with Crippen LogP contribution in [0.5, 0.6) is 0 Å². The second-order valence-corrected chi connectivity index (χ2v) is 7.32. The van der Waals surface area contributed by atoms with E-state index in [1.165, 1.54) is 11.3 Å². The van der Waals surface area contributed by atoms with Gasteiger partial charge in [0.15, 0.2) is 9.84 Å². The molecule has 1 aromatic rings. The van der Waals surface area contributed by atoms with E-state index in [0.717, 1.165) is 5.01 Å². The van der Waals surface area contributed by atoms with Crippen molar-refractivity contribution in [1.29, 1.82) is 0 Å². The minimum atomic E-state index is -2.87. The summed E-state index contributed by atoms with van der Waals surface area (Å²) in [4.78, 5) is 15.7. The van der Waals surface area contributed by atoms with Crippen LogP contribution < -0.4 is 0 Å². The largest absolute Gasteiger partial charge is 0.299 e. The molecule has 0 radical (unpaired) electrons. The van der Waals surface area contributed by atoms with Crippen LogP contribution in [-0.2, 0) is 21.1 Å². The molecule has 0 spiro atoms. The maximum absolute atomic E-state index is 11.6. The second kappa shape index (κ2) is 4.63. The summed E-state index contributed by atoms with van der Waals surface area (Å²) < 4.78 is 22.4. The Balaban J connectivity index is 1.85. The van der Waals surface area contributed by atoms with Gasteiger partial charge in [-0.3, -0.25) is 4.79 Å². The minimum Gasteiger partial charge on any atom is -0.299 e.